The number of carbonyl (C=O) groups is 4. The van der Waals surface area contributed by atoms with E-state index in [1.165, 1.54) is 26.3 Å². The highest BCUT2D eigenvalue weighted by Gasteiger charge is 2.63. The Morgan fingerprint density at radius 2 is 1.72 bits per heavy atom. The van der Waals surface area contributed by atoms with Crippen molar-refractivity contribution in [3.8, 4) is 0 Å². The van der Waals surface area contributed by atoms with Gasteiger partial charge in [-0.25, -0.2) is 0 Å². The van der Waals surface area contributed by atoms with Crippen molar-refractivity contribution in [2.75, 3.05) is 6.61 Å². The highest BCUT2D eigenvalue weighted by atomic mass is 16.6. The maximum absolute atomic E-state index is 13.2. The standard InChI is InChI=1S/C25H34O7/c1-14(26)30-13-25-10-7-18(31-15(2)27)11-17(25)5-6-19-20(25)8-9-24(4)21(19)12-22(23(24)29)32-16(3)28/h5,18-22H,6-13H2,1-4H3. The number of allylic oxidation sites excluding steroid dienone is 1. The van der Waals surface area contributed by atoms with Crippen molar-refractivity contribution >= 4 is 23.7 Å². The van der Waals surface area contributed by atoms with Crippen molar-refractivity contribution in [1.82, 2.24) is 0 Å². The van der Waals surface area contributed by atoms with Crippen LogP contribution >= 0.6 is 0 Å². The molecule has 0 aromatic rings. The van der Waals surface area contributed by atoms with Crippen LogP contribution in [0.1, 0.15) is 72.6 Å². The predicted octanol–water partition coefficient (Wildman–Crippen LogP) is 3.53. The van der Waals surface area contributed by atoms with Crippen LogP contribution in [0.25, 0.3) is 0 Å². The molecule has 0 spiro atoms. The van der Waals surface area contributed by atoms with E-state index in [4.69, 9.17) is 14.2 Å². The Labute approximate surface area is 189 Å². The average molecular weight is 447 g/mol. The van der Waals surface area contributed by atoms with Crippen LogP contribution in [0, 0.1) is 28.6 Å². The maximum Gasteiger partial charge on any atom is 0.303 e. The molecule has 7 nitrogen and oxygen atoms in total. The third kappa shape index (κ3) is 3.77. The van der Waals surface area contributed by atoms with E-state index < -0.39 is 17.5 Å². The molecule has 4 aliphatic carbocycles. The van der Waals surface area contributed by atoms with Gasteiger partial charge >= 0.3 is 17.9 Å². The molecule has 3 saturated carbocycles. The lowest BCUT2D eigenvalue weighted by Gasteiger charge is -2.57. The summed E-state index contributed by atoms with van der Waals surface area (Å²) in [6.45, 7) is 6.58. The Morgan fingerprint density at radius 3 is 2.38 bits per heavy atom. The van der Waals surface area contributed by atoms with Crippen molar-refractivity contribution in [1.29, 1.82) is 0 Å². The molecular formula is C25H34O7. The number of Topliss-reactive ketones (excluding diaryl/α,β-unsaturated/α-hetero) is 1. The largest absolute Gasteiger partial charge is 0.465 e. The smallest absolute Gasteiger partial charge is 0.303 e. The molecule has 176 valence electrons. The molecule has 0 amide bonds. The lowest BCUT2D eigenvalue weighted by molar-refractivity contribution is -0.155. The molecule has 0 saturated heterocycles. The Balaban J connectivity index is 1.65. The summed E-state index contributed by atoms with van der Waals surface area (Å²) in [5, 5.41) is 0. The Hall–Kier alpha value is -2.18. The zero-order chi connectivity index (χ0) is 23.3. The van der Waals surface area contributed by atoms with Gasteiger partial charge in [-0.2, -0.15) is 0 Å². The second-order valence-electron chi connectivity index (χ2n) is 10.4. The van der Waals surface area contributed by atoms with E-state index in [2.05, 4.69) is 6.08 Å². The summed E-state index contributed by atoms with van der Waals surface area (Å²) in [5.74, 6) is -0.247. The number of ketones is 1. The van der Waals surface area contributed by atoms with Crippen LogP contribution in [-0.4, -0.2) is 42.5 Å². The summed E-state index contributed by atoms with van der Waals surface area (Å²) in [6, 6.07) is 0. The topological polar surface area (TPSA) is 96.0 Å². The predicted molar refractivity (Wildman–Crippen MR) is 114 cm³/mol. The Kier molecular flexibility index (Phi) is 5.97. The van der Waals surface area contributed by atoms with Gasteiger partial charge in [0.05, 0.1) is 0 Å². The molecule has 0 bridgehead atoms. The van der Waals surface area contributed by atoms with Crippen LogP contribution in [0.2, 0.25) is 0 Å². The highest BCUT2D eigenvalue weighted by molar-refractivity contribution is 5.92. The summed E-state index contributed by atoms with van der Waals surface area (Å²) in [5.41, 5.74) is 0.459. The number of esters is 3. The van der Waals surface area contributed by atoms with Gasteiger partial charge in [-0.3, -0.25) is 19.2 Å². The van der Waals surface area contributed by atoms with Gasteiger partial charge in [-0.1, -0.05) is 18.6 Å². The van der Waals surface area contributed by atoms with Crippen LogP contribution in [0.15, 0.2) is 11.6 Å². The molecule has 4 rings (SSSR count). The van der Waals surface area contributed by atoms with Crippen molar-refractivity contribution in [2.45, 2.75) is 84.8 Å². The summed E-state index contributed by atoms with van der Waals surface area (Å²) >= 11 is 0. The summed E-state index contributed by atoms with van der Waals surface area (Å²) in [6.07, 6.45) is 6.66. The molecule has 4 aliphatic rings. The van der Waals surface area contributed by atoms with E-state index in [1.54, 1.807) is 0 Å². The highest BCUT2D eigenvalue weighted by Crippen LogP contribution is 2.64. The fourth-order valence-corrected chi connectivity index (χ4v) is 7.33. The number of hydrogen-bond donors (Lipinski definition) is 0. The van der Waals surface area contributed by atoms with E-state index in [-0.39, 0.29) is 47.0 Å². The van der Waals surface area contributed by atoms with E-state index >= 15 is 0 Å². The molecule has 0 aromatic heterocycles. The normalized spacial score (nSPS) is 40.3. The van der Waals surface area contributed by atoms with E-state index in [1.807, 2.05) is 6.92 Å². The molecule has 7 unspecified atom stereocenters. The molecule has 0 heterocycles. The fraction of sp³-hybridized carbons (Fsp3) is 0.760. The third-order valence-electron chi connectivity index (χ3n) is 8.67. The minimum Gasteiger partial charge on any atom is -0.465 e. The fourth-order valence-electron chi connectivity index (χ4n) is 7.33. The van der Waals surface area contributed by atoms with Crippen molar-refractivity contribution in [3.63, 3.8) is 0 Å². The maximum atomic E-state index is 13.2. The zero-order valence-electron chi connectivity index (χ0n) is 19.5. The van der Waals surface area contributed by atoms with Crippen molar-refractivity contribution in [3.05, 3.63) is 11.6 Å². The van der Waals surface area contributed by atoms with E-state index in [0.717, 1.165) is 32.1 Å². The molecule has 0 radical (unpaired) electrons. The van der Waals surface area contributed by atoms with Gasteiger partial charge < -0.3 is 14.2 Å². The van der Waals surface area contributed by atoms with Crippen LogP contribution < -0.4 is 0 Å². The lowest BCUT2D eigenvalue weighted by atomic mass is 9.47. The number of hydrogen-bond acceptors (Lipinski definition) is 7. The van der Waals surface area contributed by atoms with Gasteiger partial charge in [0, 0.05) is 38.0 Å². The second-order valence-corrected chi connectivity index (χ2v) is 10.4. The van der Waals surface area contributed by atoms with Crippen LogP contribution in [0.5, 0.6) is 0 Å². The molecular weight excluding hydrogens is 412 g/mol. The Morgan fingerprint density at radius 1 is 1.00 bits per heavy atom. The van der Waals surface area contributed by atoms with Gasteiger partial charge in [-0.05, 0) is 56.3 Å². The van der Waals surface area contributed by atoms with Gasteiger partial charge in [0.2, 0.25) is 0 Å². The van der Waals surface area contributed by atoms with Crippen LogP contribution in [0.3, 0.4) is 0 Å². The average Bonchev–Trinajstić information content (AvgIpc) is 2.96. The van der Waals surface area contributed by atoms with Crippen LogP contribution in [-0.2, 0) is 33.4 Å². The van der Waals surface area contributed by atoms with E-state index in [0.29, 0.717) is 19.4 Å². The van der Waals surface area contributed by atoms with Gasteiger partial charge in [0.1, 0.15) is 12.7 Å². The van der Waals surface area contributed by atoms with Crippen LogP contribution in [0.4, 0.5) is 0 Å². The molecule has 7 heteroatoms. The first-order valence-electron chi connectivity index (χ1n) is 11.8. The monoisotopic (exact) mass is 446 g/mol. The molecule has 0 aromatic carbocycles. The number of ether oxygens (including phenoxy) is 3. The molecule has 32 heavy (non-hydrogen) atoms. The molecule has 7 atom stereocenters. The first-order valence-corrected chi connectivity index (χ1v) is 11.8. The van der Waals surface area contributed by atoms with Gasteiger partial charge in [0.25, 0.3) is 0 Å². The van der Waals surface area contributed by atoms with Gasteiger partial charge in [-0.15, -0.1) is 0 Å². The summed E-state index contributed by atoms with van der Waals surface area (Å²) in [4.78, 5) is 48.0. The molecule has 3 fully saturated rings. The summed E-state index contributed by atoms with van der Waals surface area (Å²) < 4.78 is 16.5. The number of fused-ring (bicyclic) bond motifs is 5. The summed E-state index contributed by atoms with van der Waals surface area (Å²) in [7, 11) is 0. The van der Waals surface area contributed by atoms with Crippen molar-refractivity contribution < 1.29 is 33.4 Å². The number of rotatable bonds is 4. The zero-order valence-corrected chi connectivity index (χ0v) is 19.5. The minimum absolute atomic E-state index is 0.0542. The third-order valence-corrected chi connectivity index (χ3v) is 8.67. The molecule has 0 aliphatic heterocycles. The van der Waals surface area contributed by atoms with Gasteiger partial charge in [0.15, 0.2) is 11.9 Å². The first-order chi connectivity index (χ1) is 15.1. The quantitative estimate of drug-likeness (QED) is 0.370. The van der Waals surface area contributed by atoms with E-state index in [9.17, 15) is 19.2 Å². The second kappa shape index (κ2) is 8.31. The lowest BCUT2D eigenvalue weighted by Crippen LogP contribution is -2.53. The molecule has 0 N–H and O–H groups in total. The minimum atomic E-state index is -0.657. The van der Waals surface area contributed by atoms with Crippen molar-refractivity contribution in [2.24, 2.45) is 28.6 Å². The SMILES string of the molecule is CC(=O)OCC12CCC(OC(C)=O)CC1=CCC1C3CC(OC(C)=O)C(=O)C3(C)CCC12. The number of carbonyl (C=O) groups excluding carboxylic acids is 4. The first kappa shape index (κ1) is 23.0. The Bertz CT molecular complexity index is 860.